The highest BCUT2D eigenvalue weighted by atomic mass is 32.3. The van der Waals surface area contributed by atoms with Crippen molar-refractivity contribution in [2.45, 2.75) is 43.5 Å². The van der Waals surface area contributed by atoms with Gasteiger partial charge in [-0.15, -0.1) is 10.3 Å². The van der Waals surface area contributed by atoms with E-state index in [0.717, 1.165) is 31.2 Å². The van der Waals surface area contributed by atoms with Crippen molar-refractivity contribution in [3.8, 4) is 0 Å². The van der Waals surface area contributed by atoms with E-state index in [9.17, 15) is 36.6 Å². The second-order valence-electron chi connectivity index (χ2n) is 7.31. The summed E-state index contributed by atoms with van der Waals surface area (Å²) in [6, 6.07) is 6.77. The summed E-state index contributed by atoms with van der Waals surface area (Å²) >= 11 is 0. The van der Waals surface area contributed by atoms with Crippen LogP contribution in [0.25, 0.3) is 0 Å². The van der Waals surface area contributed by atoms with Gasteiger partial charge in [0, 0.05) is 17.1 Å². The van der Waals surface area contributed by atoms with Gasteiger partial charge in [0.15, 0.2) is 5.78 Å². The quantitative estimate of drug-likeness (QED) is 0.399. The van der Waals surface area contributed by atoms with Crippen LogP contribution in [0.5, 0.6) is 0 Å². The van der Waals surface area contributed by atoms with Crippen molar-refractivity contribution in [1.29, 1.82) is 0 Å². The zero-order valence-corrected chi connectivity index (χ0v) is 18.1. The Morgan fingerprint density at radius 3 is 2.00 bits per heavy atom. The van der Waals surface area contributed by atoms with E-state index in [0.29, 0.717) is 5.92 Å². The third-order valence-electron chi connectivity index (χ3n) is 5.15. The average Bonchev–Trinajstić information content (AvgIpc) is 2.68. The summed E-state index contributed by atoms with van der Waals surface area (Å²) in [6.45, 7) is -1.37. The van der Waals surface area contributed by atoms with E-state index in [1.54, 1.807) is 12.1 Å². The van der Waals surface area contributed by atoms with Crippen LogP contribution in [-0.4, -0.2) is 60.4 Å². The SMILES string of the molecule is O=C(CS(CCO)(CCO)OS(=O)(=O)C(F)(F)F)c1ccc(C2CCCCC2)cc1. The zero-order valence-electron chi connectivity index (χ0n) is 16.4. The second-order valence-corrected chi connectivity index (χ2v) is 12.3. The highest BCUT2D eigenvalue weighted by Gasteiger charge is 2.51. The number of hydrogen-bond acceptors (Lipinski definition) is 6. The Morgan fingerprint density at radius 1 is 1.00 bits per heavy atom. The Labute approximate surface area is 176 Å². The molecule has 1 aromatic carbocycles. The molecule has 30 heavy (non-hydrogen) atoms. The van der Waals surface area contributed by atoms with Gasteiger partial charge < -0.3 is 10.2 Å². The lowest BCUT2D eigenvalue weighted by molar-refractivity contribution is -0.0496. The highest BCUT2D eigenvalue weighted by Crippen LogP contribution is 2.52. The Hall–Kier alpha value is -1.14. The van der Waals surface area contributed by atoms with Crippen LogP contribution in [0.15, 0.2) is 24.3 Å². The maximum atomic E-state index is 12.8. The molecule has 2 N–H and O–H groups in total. The molecular weight excluding hydrogens is 445 g/mol. The fourth-order valence-corrected chi connectivity index (χ4v) is 7.97. The van der Waals surface area contributed by atoms with Crippen molar-refractivity contribution in [3.63, 3.8) is 0 Å². The molecule has 11 heteroatoms. The maximum absolute atomic E-state index is 12.8. The molecule has 0 amide bonds. The van der Waals surface area contributed by atoms with E-state index in [2.05, 4.69) is 3.63 Å². The van der Waals surface area contributed by atoms with Crippen LogP contribution in [0.3, 0.4) is 0 Å². The van der Waals surface area contributed by atoms with Crippen LogP contribution in [0.4, 0.5) is 13.2 Å². The first-order chi connectivity index (χ1) is 14.0. The molecule has 0 aromatic heterocycles. The number of alkyl halides is 3. The Kier molecular flexibility index (Phi) is 8.75. The summed E-state index contributed by atoms with van der Waals surface area (Å²) in [5.74, 6) is -1.79. The molecule has 0 heterocycles. The lowest BCUT2D eigenvalue weighted by Crippen LogP contribution is -2.33. The summed E-state index contributed by atoms with van der Waals surface area (Å²) in [4.78, 5) is 12.7. The van der Waals surface area contributed by atoms with E-state index in [4.69, 9.17) is 0 Å². The molecule has 1 fully saturated rings. The normalized spacial score (nSPS) is 17.1. The minimum Gasteiger partial charge on any atom is -0.395 e. The van der Waals surface area contributed by atoms with Gasteiger partial charge in [-0.05, 0) is 24.3 Å². The van der Waals surface area contributed by atoms with Gasteiger partial charge >= 0.3 is 15.6 Å². The summed E-state index contributed by atoms with van der Waals surface area (Å²) < 4.78 is 66.0. The summed E-state index contributed by atoms with van der Waals surface area (Å²) in [7, 11) is -9.26. The molecule has 1 aliphatic carbocycles. The molecular formula is C19H27F3O6S2. The molecule has 2 rings (SSSR count). The molecule has 1 saturated carbocycles. The molecule has 0 atom stereocenters. The standard InChI is InChI=1S/C19H27F3O6S2/c20-19(21,22)30(26,27)28-29(12-10-23,13-11-24)14-18(25)17-8-6-16(7-9-17)15-4-2-1-3-5-15/h6-9,15,23-24H,1-5,10-14H2. The molecule has 0 bridgehead atoms. The Bertz CT molecular complexity index is 797. The number of ketones is 1. The fourth-order valence-electron chi connectivity index (χ4n) is 3.60. The van der Waals surface area contributed by atoms with Crippen LogP contribution in [0, 0.1) is 0 Å². The molecule has 172 valence electrons. The van der Waals surface area contributed by atoms with Gasteiger partial charge in [0.25, 0.3) is 0 Å². The average molecular weight is 473 g/mol. The van der Waals surface area contributed by atoms with E-state index >= 15 is 0 Å². The molecule has 0 spiro atoms. The number of benzene rings is 1. The molecule has 0 unspecified atom stereocenters. The summed E-state index contributed by atoms with van der Waals surface area (Å²) in [5.41, 5.74) is -4.36. The van der Waals surface area contributed by atoms with Gasteiger partial charge in [0.2, 0.25) is 0 Å². The number of carbonyl (C=O) groups excluding carboxylic acids is 1. The number of halogens is 3. The first-order valence-electron chi connectivity index (χ1n) is 9.67. The van der Waals surface area contributed by atoms with E-state index < -0.39 is 62.2 Å². The van der Waals surface area contributed by atoms with Gasteiger partial charge in [-0.1, -0.05) is 43.5 Å². The molecule has 6 nitrogen and oxygen atoms in total. The van der Waals surface area contributed by atoms with Crippen molar-refractivity contribution >= 4 is 26.2 Å². The monoisotopic (exact) mass is 472 g/mol. The molecule has 1 aliphatic rings. The summed E-state index contributed by atoms with van der Waals surface area (Å²) in [6.07, 6.45) is 5.62. The topological polar surface area (TPSA) is 101 Å². The molecule has 1 aromatic rings. The van der Waals surface area contributed by atoms with Crippen LogP contribution in [0.2, 0.25) is 0 Å². The zero-order chi connectivity index (χ0) is 22.4. The van der Waals surface area contributed by atoms with E-state index in [-0.39, 0.29) is 5.56 Å². The van der Waals surface area contributed by atoms with Gasteiger partial charge in [-0.3, -0.25) is 4.79 Å². The number of Topliss-reactive ketones (excluding diaryl/α,β-unsaturated/α-hetero) is 1. The third-order valence-corrected chi connectivity index (χ3v) is 10.2. The fraction of sp³-hybridized carbons (Fsp3) is 0.632. The van der Waals surface area contributed by atoms with Crippen LogP contribution < -0.4 is 0 Å². The number of hydrogen-bond donors (Lipinski definition) is 2. The van der Waals surface area contributed by atoms with Crippen LogP contribution in [0.1, 0.15) is 53.9 Å². The third kappa shape index (κ3) is 6.43. The lowest BCUT2D eigenvalue weighted by Gasteiger charge is -2.37. The Balaban J connectivity index is 2.22. The Morgan fingerprint density at radius 2 is 1.53 bits per heavy atom. The smallest absolute Gasteiger partial charge is 0.395 e. The minimum absolute atomic E-state index is 0.218. The van der Waals surface area contributed by atoms with Crippen LogP contribution in [-0.2, 0) is 13.7 Å². The van der Waals surface area contributed by atoms with E-state index in [1.807, 2.05) is 12.1 Å². The van der Waals surface area contributed by atoms with Crippen molar-refractivity contribution in [2.75, 3.05) is 30.5 Å². The van der Waals surface area contributed by atoms with Crippen molar-refractivity contribution in [1.82, 2.24) is 0 Å². The lowest BCUT2D eigenvalue weighted by atomic mass is 9.84. The number of carbonyl (C=O) groups is 1. The number of aliphatic hydroxyl groups excluding tert-OH is 2. The molecule has 0 saturated heterocycles. The predicted octanol–water partition coefficient (Wildman–Crippen LogP) is 3.49. The first kappa shape index (κ1) is 25.1. The van der Waals surface area contributed by atoms with Gasteiger partial charge in [-0.25, -0.2) is 3.63 Å². The van der Waals surface area contributed by atoms with Crippen molar-refractivity contribution < 1.29 is 40.2 Å². The van der Waals surface area contributed by atoms with Gasteiger partial charge in [-0.2, -0.15) is 21.6 Å². The molecule has 0 aliphatic heterocycles. The van der Waals surface area contributed by atoms with Gasteiger partial charge in [0.1, 0.15) is 0 Å². The maximum Gasteiger partial charge on any atom is 0.523 e. The minimum atomic E-state index is -5.99. The first-order valence-corrected chi connectivity index (χ1v) is 13.1. The second kappa shape index (κ2) is 10.4. The van der Waals surface area contributed by atoms with Crippen molar-refractivity contribution in [3.05, 3.63) is 35.4 Å². The van der Waals surface area contributed by atoms with Crippen molar-refractivity contribution in [2.24, 2.45) is 0 Å². The number of rotatable bonds is 10. The highest BCUT2D eigenvalue weighted by molar-refractivity contribution is 8.33. The molecule has 0 radical (unpaired) electrons. The largest absolute Gasteiger partial charge is 0.523 e. The number of aliphatic hydroxyl groups is 2. The van der Waals surface area contributed by atoms with Gasteiger partial charge in [0.05, 0.1) is 19.0 Å². The predicted molar refractivity (Wildman–Crippen MR) is 109 cm³/mol. The summed E-state index contributed by atoms with van der Waals surface area (Å²) in [5, 5.41) is 18.5. The van der Waals surface area contributed by atoms with Crippen LogP contribution >= 0.6 is 10.3 Å². The van der Waals surface area contributed by atoms with E-state index in [1.165, 1.54) is 6.42 Å².